The Morgan fingerprint density at radius 3 is 2.00 bits per heavy atom. The predicted octanol–water partition coefficient (Wildman–Crippen LogP) is 0.855. The Hall–Kier alpha value is -0.580. The third kappa shape index (κ3) is 1.98. The largest absolute Gasteiger partial charge is 0.406 e. The van der Waals surface area contributed by atoms with Crippen molar-refractivity contribution in [1.29, 1.82) is 0 Å². The number of alkyl halides is 3. The topological polar surface area (TPSA) is 43.1 Å². The van der Waals surface area contributed by atoms with Gasteiger partial charge in [-0.1, -0.05) is 0 Å². The minimum Gasteiger partial charge on any atom is -0.318 e. The number of rotatable bonds is 2. The minimum absolute atomic E-state index is 0.160. The number of nitrogens with two attached hydrogens (primary N) is 1. The summed E-state index contributed by atoms with van der Waals surface area (Å²) in [6.45, 7) is 0.779. The van der Waals surface area contributed by atoms with Gasteiger partial charge in [0.15, 0.2) is 0 Å². The normalized spacial score (nSPS) is 18.1. The molecular weight excluding hydrogens is 147 g/mol. The summed E-state index contributed by atoms with van der Waals surface area (Å²) in [7, 11) is 0. The lowest BCUT2D eigenvalue weighted by Gasteiger charge is -2.24. The Labute approximate surface area is 56.2 Å². The van der Waals surface area contributed by atoms with E-state index in [0.29, 0.717) is 0 Å². The summed E-state index contributed by atoms with van der Waals surface area (Å²) in [6, 6.07) is 0. The molecule has 0 aliphatic heterocycles. The number of carbonyl (C=O) groups is 1. The molecule has 60 valence electrons. The zero-order valence-electron chi connectivity index (χ0n) is 5.40. The highest BCUT2D eigenvalue weighted by Crippen LogP contribution is 2.29. The van der Waals surface area contributed by atoms with Gasteiger partial charge in [-0.2, -0.15) is 13.2 Å². The van der Waals surface area contributed by atoms with Crippen LogP contribution >= 0.6 is 0 Å². The molecule has 10 heavy (non-hydrogen) atoms. The average molecular weight is 155 g/mol. The molecule has 5 heteroatoms. The monoisotopic (exact) mass is 155 g/mol. The molecule has 0 aliphatic rings. The molecule has 0 radical (unpaired) electrons. The summed E-state index contributed by atoms with van der Waals surface area (Å²) in [6.07, 6.45) is -5.04. The molecule has 0 aromatic carbocycles. The maximum absolute atomic E-state index is 11.7. The van der Waals surface area contributed by atoms with Crippen LogP contribution in [0.15, 0.2) is 0 Å². The van der Waals surface area contributed by atoms with Gasteiger partial charge in [-0.05, 0) is 6.92 Å². The highest BCUT2D eigenvalue weighted by molar-refractivity contribution is 5.51. The van der Waals surface area contributed by atoms with Crippen molar-refractivity contribution in [2.24, 2.45) is 5.73 Å². The maximum Gasteiger partial charge on any atom is 0.406 e. The standard InChI is InChI=1S/C5H8F3NO/c1-4(9,2-3-10)5(6,7)8/h3H,2,9H2,1H3. The van der Waals surface area contributed by atoms with Gasteiger partial charge in [0.1, 0.15) is 11.8 Å². The lowest BCUT2D eigenvalue weighted by molar-refractivity contribution is -0.182. The van der Waals surface area contributed by atoms with Crippen molar-refractivity contribution in [2.45, 2.75) is 25.1 Å². The first-order valence-electron chi connectivity index (χ1n) is 2.60. The first-order chi connectivity index (χ1) is 4.31. The molecule has 2 N–H and O–H groups in total. The fourth-order valence-corrected chi connectivity index (χ4v) is 0.289. The zero-order valence-corrected chi connectivity index (χ0v) is 5.40. The molecule has 0 amide bonds. The molecule has 0 fully saturated rings. The van der Waals surface area contributed by atoms with Crippen molar-refractivity contribution in [3.8, 4) is 0 Å². The minimum atomic E-state index is -4.51. The quantitative estimate of drug-likeness (QED) is 0.601. The van der Waals surface area contributed by atoms with E-state index in [2.05, 4.69) is 0 Å². The third-order valence-electron chi connectivity index (χ3n) is 1.15. The van der Waals surface area contributed by atoms with E-state index >= 15 is 0 Å². The molecule has 0 bridgehead atoms. The SMILES string of the molecule is CC(N)(CC=O)C(F)(F)F. The molecule has 1 unspecified atom stereocenters. The summed E-state index contributed by atoms with van der Waals surface area (Å²) >= 11 is 0. The van der Waals surface area contributed by atoms with E-state index in [-0.39, 0.29) is 6.29 Å². The Morgan fingerprint density at radius 1 is 1.50 bits per heavy atom. The molecule has 1 atom stereocenters. The first-order valence-corrected chi connectivity index (χ1v) is 2.60. The van der Waals surface area contributed by atoms with Gasteiger partial charge in [-0.25, -0.2) is 0 Å². The smallest absolute Gasteiger partial charge is 0.318 e. The predicted molar refractivity (Wildman–Crippen MR) is 29.3 cm³/mol. The van der Waals surface area contributed by atoms with Gasteiger partial charge in [0, 0.05) is 6.42 Å². The second-order valence-corrected chi connectivity index (χ2v) is 2.29. The van der Waals surface area contributed by atoms with Crippen molar-refractivity contribution in [3.05, 3.63) is 0 Å². The third-order valence-corrected chi connectivity index (χ3v) is 1.15. The molecule has 0 heterocycles. The average Bonchev–Trinajstić information content (AvgIpc) is 1.61. The molecule has 0 aromatic rings. The summed E-state index contributed by atoms with van der Waals surface area (Å²) in [5.41, 5.74) is 2.37. The van der Waals surface area contributed by atoms with E-state index in [0.717, 1.165) is 6.92 Å². The lowest BCUT2D eigenvalue weighted by Crippen LogP contribution is -2.50. The van der Waals surface area contributed by atoms with Gasteiger partial charge in [0.25, 0.3) is 0 Å². The van der Waals surface area contributed by atoms with Crippen LogP contribution in [0.2, 0.25) is 0 Å². The van der Waals surface area contributed by atoms with E-state index in [1.54, 1.807) is 0 Å². The molecule has 0 aliphatic carbocycles. The van der Waals surface area contributed by atoms with E-state index in [1.165, 1.54) is 0 Å². The van der Waals surface area contributed by atoms with E-state index in [9.17, 15) is 18.0 Å². The van der Waals surface area contributed by atoms with E-state index in [4.69, 9.17) is 5.73 Å². The van der Waals surface area contributed by atoms with Gasteiger partial charge in [-0.3, -0.25) is 0 Å². The Morgan fingerprint density at radius 2 is 1.90 bits per heavy atom. The number of hydrogen-bond donors (Lipinski definition) is 1. The van der Waals surface area contributed by atoms with Crippen molar-refractivity contribution in [1.82, 2.24) is 0 Å². The van der Waals surface area contributed by atoms with Crippen LogP contribution in [0.1, 0.15) is 13.3 Å². The van der Waals surface area contributed by atoms with Crippen molar-refractivity contribution in [2.75, 3.05) is 0 Å². The summed E-state index contributed by atoms with van der Waals surface area (Å²) in [5.74, 6) is 0. The highest BCUT2D eigenvalue weighted by atomic mass is 19.4. The van der Waals surface area contributed by atoms with Crippen LogP contribution in [0.25, 0.3) is 0 Å². The van der Waals surface area contributed by atoms with Crippen LogP contribution in [-0.2, 0) is 4.79 Å². The highest BCUT2D eigenvalue weighted by Gasteiger charge is 2.47. The zero-order chi connectivity index (χ0) is 8.41. The lowest BCUT2D eigenvalue weighted by atomic mass is 10.0. The van der Waals surface area contributed by atoms with E-state index in [1.807, 2.05) is 0 Å². The van der Waals surface area contributed by atoms with Crippen LogP contribution in [-0.4, -0.2) is 18.0 Å². The van der Waals surface area contributed by atoms with Gasteiger partial charge in [0.2, 0.25) is 0 Å². The van der Waals surface area contributed by atoms with Gasteiger partial charge in [-0.15, -0.1) is 0 Å². The van der Waals surface area contributed by atoms with Crippen molar-refractivity contribution in [3.63, 3.8) is 0 Å². The Bertz CT molecular complexity index is 129. The fourth-order valence-electron chi connectivity index (χ4n) is 0.289. The van der Waals surface area contributed by atoms with Gasteiger partial charge < -0.3 is 10.5 Å². The molecule has 0 spiro atoms. The second kappa shape index (κ2) is 2.57. The molecule has 0 saturated carbocycles. The Kier molecular flexibility index (Phi) is 2.42. The maximum atomic E-state index is 11.7. The number of carbonyl (C=O) groups excluding carboxylic acids is 1. The molecule has 2 nitrogen and oxygen atoms in total. The number of hydrogen-bond acceptors (Lipinski definition) is 2. The molecule has 0 aromatic heterocycles. The van der Waals surface area contributed by atoms with Crippen LogP contribution in [0.5, 0.6) is 0 Å². The van der Waals surface area contributed by atoms with Crippen LogP contribution in [0, 0.1) is 0 Å². The number of aldehydes is 1. The fraction of sp³-hybridized carbons (Fsp3) is 0.800. The summed E-state index contributed by atoms with van der Waals surface area (Å²) in [5, 5.41) is 0. The Balaban J connectivity index is 4.23. The van der Waals surface area contributed by atoms with E-state index < -0.39 is 18.1 Å². The molecule has 0 saturated heterocycles. The molecule has 0 rings (SSSR count). The summed E-state index contributed by atoms with van der Waals surface area (Å²) in [4.78, 5) is 9.69. The van der Waals surface area contributed by atoms with Crippen LogP contribution in [0.4, 0.5) is 13.2 Å². The van der Waals surface area contributed by atoms with Crippen molar-refractivity contribution < 1.29 is 18.0 Å². The first kappa shape index (κ1) is 9.42. The molecular formula is C5H8F3NO. The van der Waals surface area contributed by atoms with Crippen LogP contribution < -0.4 is 5.73 Å². The van der Waals surface area contributed by atoms with Gasteiger partial charge >= 0.3 is 6.18 Å². The van der Waals surface area contributed by atoms with Crippen LogP contribution in [0.3, 0.4) is 0 Å². The second-order valence-electron chi connectivity index (χ2n) is 2.29. The van der Waals surface area contributed by atoms with Gasteiger partial charge in [0.05, 0.1) is 0 Å². The summed E-state index contributed by atoms with van der Waals surface area (Å²) < 4.78 is 35.2. The van der Waals surface area contributed by atoms with Crippen molar-refractivity contribution >= 4 is 6.29 Å². The number of halogens is 3.